The lowest BCUT2D eigenvalue weighted by atomic mass is 10.1. The summed E-state index contributed by atoms with van der Waals surface area (Å²) in [5.74, 6) is -0.119. The number of carbonyl (C=O) groups is 1. The number of anilines is 1. The van der Waals surface area contributed by atoms with Crippen molar-refractivity contribution in [3.63, 3.8) is 0 Å². The van der Waals surface area contributed by atoms with Crippen molar-refractivity contribution in [3.8, 4) is 0 Å². The van der Waals surface area contributed by atoms with E-state index in [1.807, 2.05) is 0 Å². The number of carbonyl (C=O) groups excluding carboxylic acids is 1. The summed E-state index contributed by atoms with van der Waals surface area (Å²) in [6.07, 6.45) is 0.597. The topological polar surface area (TPSA) is 83.7 Å². The van der Waals surface area contributed by atoms with Crippen LogP contribution in [-0.4, -0.2) is 49.7 Å². The maximum Gasteiger partial charge on any atom is 0.253 e. The first-order chi connectivity index (χ1) is 12.0. The van der Waals surface area contributed by atoms with Gasteiger partial charge in [-0.15, -0.1) is 0 Å². The summed E-state index contributed by atoms with van der Waals surface area (Å²) in [5.41, 5.74) is 6.81. The van der Waals surface area contributed by atoms with E-state index in [1.165, 1.54) is 4.31 Å². The third-order valence-electron chi connectivity index (χ3n) is 4.26. The maximum absolute atomic E-state index is 12.7. The van der Waals surface area contributed by atoms with Crippen LogP contribution in [0.3, 0.4) is 0 Å². The van der Waals surface area contributed by atoms with Crippen LogP contribution in [0.25, 0.3) is 0 Å². The zero-order valence-corrected chi connectivity index (χ0v) is 14.7. The van der Waals surface area contributed by atoms with E-state index in [-0.39, 0.29) is 17.3 Å². The van der Waals surface area contributed by atoms with Crippen molar-refractivity contribution in [2.75, 3.05) is 31.9 Å². The van der Waals surface area contributed by atoms with Crippen molar-refractivity contribution in [1.29, 1.82) is 0 Å². The predicted molar refractivity (Wildman–Crippen MR) is 96.6 cm³/mol. The van der Waals surface area contributed by atoms with Gasteiger partial charge >= 0.3 is 0 Å². The Morgan fingerprint density at radius 2 is 1.68 bits per heavy atom. The first-order valence-electron chi connectivity index (χ1n) is 8.18. The summed E-state index contributed by atoms with van der Waals surface area (Å²) in [6, 6.07) is 15.2. The second-order valence-corrected chi connectivity index (χ2v) is 7.93. The molecule has 0 aromatic heterocycles. The lowest BCUT2D eigenvalue weighted by Crippen LogP contribution is -2.37. The van der Waals surface area contributed by atoms with Crippen LogP contribution in [-0.2, 0) is 10.0 Å². The average molecular weight is 359 g/mol. The van der Waals surface area contributed by atoms with Gasteiger partial charge in [-0.3, -0.25) is 4.79 Å². The molecule has 132 valence electrons. The summed E-state index contributed by atoms with van der Waals surface area (Å²) >= 11 is 0. The SMILES string of the molecule is Nc1cccc(C(=O)N2CCCN(S(=O)(=O)c3ccccc3)CC2)c1. The number of benzene rings is 2. The van der Waals surface area contributed by atoms with Gasteiger partial charge < -0.3 is 10.6 Å². The standard InChI is InChI=1S/C18H21N3O3S/c19-16-7-4-6-15(14-16)18(22)20-10-5-11-21(13-12-20)25(23,24)17-8-2-1-3-9-17/h1-4,6-9,14H,5,10-13,19H2. The molecule has 7 heteroatoms. The van der Waals surface area contributed by atoms with Crippen molar-refractivity contribution in [1.82, 2.24) is 9.21 Å². The summed E-state index contributed by atoms with van der Waals surface area (Å²) in [5, 5.41) is 0. The van der Waals surface area contributed by atoms with Gasteiger partial charge in [-0.25, -0.2) is 8.42 Å². The molecule has 0 radical (unpaired) electrons. The van der Waals surface area contributed by atoms with Crippen molar-refractivity contribution in [2.24, 2.45) is 0 Å². The highest BCUT2D eigenvalue weighted by molar-refractivity contribution is 7.89. The first kappa shape index (κ1) is 17.4. The number of nitrogen functional groups attached to an aromatic ring is 1. The van der Waals surface area contributed by atoms with Crippen molar-refractivity contribution in [2.45, 2.75) is 11.3 Å². The molecule has 1 heterocycles. The fraction of sp³-hybridized carbons (Fsp3) is 0.278. The van der Waals surface area contributed by atoms with Crippen LogP contribution < -0.4 is 5.73 Å². The summed E-state index contributed by atoms with van der Waals surface area (Å²) in [6.45, 7) is 1.57. The van der Waals surface area contributed by atoms with Gasteiger partial charge in [0.2, 0.25) is 10.0 Å². The molecule has 1 amide bonds. The number of hydrogen-bond acceptors (Lipinski definition) is 4. The fourth-order valence-corrected chi connectivity index (χ4v) is 4.42. The van der Waals surface area contributed by atoms with Crippen molar-refractivity contribution < 1.29 is 13.2 Å². The molecule has 2 N–H and O–H groups in total. The number of amides is 1. The van der Waals surface area contributed by atoms with E-state index in [2.05, 4.69) is 0 Å². The molecule has 25 heavy (non-hydrogen) atoms. The Hall–Kier alpha value is -2.38. The molecule has 0 atom stereocenters. The van der Waals surface area contributed by atoms with Gasteiger partial charge in [0.25, 0.3) is 5.91 Å². The van der Waals surface area contributed by atoms with E-state index < -0.39 is 10.0 Å². The van der Waals surface area contributed by atoms with Crippen LogP contribution in [0.15, 0.2) is 59.5 Å². The summed E-state index contributed by atoms with van der Waals surface area (Å²) in [4.78, 5) is 14.6. The van der Waals surface area contributed by atoms with E-state index in [4.69, 9.17) is 5.73 Å². The van der Waals surface area contributed by atoms with Crippen LogP contribution in [0.1, 0.15) is 16.8 Å². The van der Waals surface area contributed by atoms with Gasteiger partial charge in [-0.05, 0) is 36.8 Å². The minimum atomic E-state index is -3.53. The summed E-state index contributed by atoms with van der Waals surface area (Å²) in [7, 11) is -3.53. The van der Waals surface area contributed by atoms with Gasteiger partial charge in [0, 0.05) is 37.4 Å². The highest BCUT2D eigenvalue weighted by Gasteiger charge is 2.28. The Bertz CT molecular complexity index is 853. The number of sulfonamides is 1. The Kier molecular flexibility index (Phi) is 5.06. The third-order valence-corrected chi connectivity index (χ3v) is 6.17. The molecule has 0 saturated carbocycles. The molecule has 6 nitrogen and oxygen atoms in total. The quantitative estimate of drug-likeness (QED) is 0.847. The molecule has 0 unspecified atom stereocenters. The molecule has 1 fully saturated rings. The Labute approximate surface area is 147 Å². The number of hydrogen-bond donors (Lipinski definition) is 1. The second-order valence-electron chi connectivity index (χ2n) is 5.99. The smallest absolute Gasteiger partial charge is 0.253 e. The van der Waals surface area contributed by atoms with Gasteiger partial charge in [0.15, 0.2) is 0 Å². The number of rotatable bonds is 3. The number of nitrogens with two attached hydrogens (primary N) is 1. The second kappa shape index (κ2) is 7.25. The molecule has 3 rings (SSSR count). The molecule has 1 aliphatic heterocycles. The molecule has 1 aliphatic rings. The summed E-state index contributed by atoms with van der Waals surface area (Å²) < 4.78 is 26.9. The minimum Gasteiger partial charge on any atom is -0.399 e. The average Bonchev–Trinajstić information content (AvgIpc) is 2.88. The van der Waals surface area contributed by atoms with Gasteiger partial charge in [-0.2, -0.15) is 4.31 Å². The highest BCUT2D eigenvalue weighted by atomic mass is 32.2. The number of nitrogens with zero attached hydrogens (tertiary/aromatic N) is 2. The lowest BCUT2D eigenvalue weighted by Gasteiger charge is -2.22. The molecule has 0 spiro atoms. The van der Waals surface area contributed by atoms with E-state index >= 15 is 0 Å². The first-order valence-corrected chi connectivity index (χ1v) is 9.62. The van der Waals surface area contributed by atoms with Crippen LogP contribution in [0, 0.1) is 0 Å². The molecule has 1 saturated heterocycles. The maximum atomic E-state index is 12.7. The van der Waals surface area contributed by atoms with Crippen LogP contribution in [0.5, 0.6) is 0 Å². The third kappa shape index (κ3) is 3.83. The van der Waals surface area contributed by atoms with Crippen molar-refractivity contribution >= 4 is 21.6 Å². The lowest BCUT2D eigenvalue weighted by molar-refractivity contribution is 0.0764. The van der Waals surface area contributed by atoms with E-state index in [0.717, 1.165) is 0 Å². The van der Waals surface area contributed by atoms with Crippen molar-refractivity contribution in [3.05, 3.63) is 60.2 Å². The van der Waals surface area contributed by atoms with Gasteiger partial charge in [0.05, 0.1) is 4.90 Å². The van der Waals surface area contributed by atoms with Crippen LogP contribution in [0.2, 0.25) is 0 Å². The fourth-order valence-electron chi connectivity index (χ4n) is 2.93. The molecule has 2 aromatic carbocycles. The van der Waals surface area contributed by atoms with Gasteiger partial charge in [-0.1, -0.05) is 24.3 Å². The molecular formula is C18H21N3O3S. The predicted octanol–water partition coefficient (Wildman–Crippen LogP) is 1.81. The van der Waals surface area contributed by atoms with Gasteiger partial charge in [0.1, 0.15) is 0 Å². The molecule has 0 bridgehead atoms. The van der Waals surface area contributed by atoms with E-state index in [0.29, 0.717) is 37.3 Å². The minimum absolute atomic E-state index is 0.119. The molecule has 2 aromatic rings. The van der Waals surface area contributed by atoms with Crippen LogP contribution in [0.4, 0.5) is 5.69 Å². The monoisotopic (exact) mass is 359 g/mol. The zero-order valence-electron chi connectivity index (χ0n) is 13.8. The van der Waals surface area contributed by atoms with E-state index in [9.17, 15) is 13.2 Å². The zero-order chi connectivity index (χ0) is 17.9. The molecular weight excluding hydrogens is 338 g/mol. The van der Waals surface area contributed by atoms with Crippen LogP contribution >= 0.6 is 0 Å². The Morgan fingerprint density at radius 3 is 2.40 bits per heavy atom. The Balaban J connectivity index is 1.73. The normalized spacial score (nSPS) is 16.4. The highest BCUT2D eigenvalue weighted by Crippen LogP contribution is 2.18. The van der Waals surface area contributed by atoms with E-state index in [1.54, 1.807) is 59.5 Å². The molecule has 0 aliphatic carbocycles. The Morgan fingerprint density at radius 1 is 0.920 bits per heavy atom. The largest absolute Gasteiger partial charge is 0.399 e.